The minimum atomic E-state index is -0.0882. The average molecular weight is 439 g/mol. The Morgan fingerprint density at radius 3 is 2.48 bits per heavy atom. The molecule has 162 valence electrons. The van der Waals surface area contributed by atoms with Gasteiger partial charge in [0.15, 0.2) is 0 Å². The van der Waals surface area contributed by atoms with Gasteiger partial charge in [-0.05, 0) is 50.6 Å². The molecule has 9 heteroatoms. The van der Waals surface area contributed by atoms with Gasteiger partial charge in [0.05, 0.1) is 6.42 Å². The molecule has 1 aromatic carbocycles. The van der Waals surface area contributed by atoms with Crippen LogP contribution in [0.25, 0.3) is 5.78 Å². The average Bonchev–Trinajstić information content (AvgIpc) is 3.45. The topological polar surface area (TPSA) is 92.5 Å². The molecule has 0 aliphatic carbocycles. The molecular weight excluding hydrogens is 412 g/mol. The molecule has 0 bridgehead atoms. The molecule has 0 radical (unpaired) electrons. The molecule has 3 aromatic rings. The van der Waals surface area contributed by atoms with Crippen LogP contribution in [-0.2, 0) is 17.8 Å². The van der Waals surface area contributed by atoms with Crippen molar-refractivity contribution in [1.82, 2.24) is 29.8 Å². The summed E-state index contributed by atoms with van der Waals surface area (Å²) < 4.78 is 1.69. The number of rotatable bonds is 6. The van der Waals surface area contributed by atoms with Gasteiger partial charge in [0.25, 0.3) is 11.7 Å². The SMILES string of the molecule is CSc1nc2nc(C)c(CC(=O)NCc3ccc(C(=O)N4CCCC4)cc3)c(C)n2n1. The fourth-order valence-electron chi connectivity index (χ4n) is 3.82. The van der Waals surface area contributed by atoms with Crippen molar-refractivity contribution in [3.63, 3.8) is 0 Å². The number of fused-ring (bicyclic) bond motifs is 1. The van der Waals surface area contributed by atoms with E-state index in [1.165, 1.54) is 11.8 Å². The Hall–Kier alpha value is -2.94. The summed E-state index contributed by atoms with van der Waals surface area (Å²) in [6.07, 6.45) is 4.29. The molecule has 3 heterocycles. The molecule has 1 aliphatic rings. The van der Waals surface area contributed by atoms with E-state index in [1.54, 1.807) is 4.52 Å². The zero-order valence-corrected chi connectivity index (χ0v) is 18.8. The van der Waals surface area contributed by atoms with Crippen molar-refractivity contribution >= 4 is 29.4 Å². The van der Waals surface area contributed by atoms with E-state index in [2.05, 4.69) is 20.4 Å². The molecule has 1 saturated heterocycles. The van der Waals surface area contributed by atoms with E-state index in [9.17, 15) is 9.59 Å². The molecule has 1 N–H and O–H groups in total. The lowest BCUT2D eigenvalue weighted by Crippen LogP contribution is -2.28. The molecule has 2 aromatic heterocycles. The molecule has 31 heavy (non-hydrogen) atoms. The van der Waals surface area contributed by atoms with Crippen molar-refractivity contribution in [3.8, 4) is 0 Å². The van der Waals surface area contributed by atoms with Crippen LogP contribution in [0.15, 0.2) is 29.4 Å². The number of benzene rings is 1. The monoisotopic (exact) mass is 438 g/mol. The largest absolute Gasteiger partial charge is 0.352 e. The van der Waals surface area contributed by atoms with Crippen LogP contribution in [0.3, 0.4) is 0 Å². The first-order chi connectivity index (χ1) is 15.0. The van der Waals surface area contributed by atoms with E-state index < -0.39 is 0 Å². The third-order valence-electron chi connectivity index (χ3n) is 5.63. The molecule has 0 saturated carbocycles. The Morgan fingerprint density at radius 2 is 1.81 bits per heavy atom. The number of nitrogens with zero attached hydrogens (tertiary/aromatic N) is 5. The van der Waals surface area contributed by atoms with Gasteiger partial charge in [0.2, 0.25) is 11.1 Å². The second kappa shape index (κ2) is 9.05. The Kier molecular flexibility index (Phi) is 6.22. The fraction of sp³-hybridized carbons (Fsp3) is 0.409. The summed E-state index contributed by atoms with van der Waals surface area (Å²) in [6, 6.07) is 7.46. The molecule has 0 spiro atoms. The number of aryl methyl sites for hydroxylation is 2. The third-order valence-corrected chi connectivity index (χ3v) is 6.17. The summed E-state index contributed by atoms with van der Waals surface area (Å²) in [5.74, 6) is 0.543. The number of likely N-dealkylation sites (tertiary alicyclic amines) is 1. The minimum absolute atomic E-state index is 0.0830. The Morgan fingerprint density at radius 1 is 1.10 bits per heavy atom. The Balaban J connectivity index is 1.38. The zero-order chi connectivity index (χ0) is 22.0. The van der Waals surface area contributed by atoms with E-state index in [1.807, 2.05) is 49.3 Å². The minimum Gasteiger partial charge on any atom is -0.352 e. The maximum atomic E-state index is 12.6. The van der Waals surface area contributed by atoms with Gasteiger partial charge in [-0.1, -0.05) is 23.9 Å². The highest BCUT2D eigenvalue weighted by Gasteiger charge is 2.19. The van der Waals surface area contributed by atoms with Crippen LogP contribution in [-0.4, -0.2) is 55.6 Å². The van der Waals surface area contributed by atoms with Gasteiger partial charge in [0, 0.05) is 42.1 Å². The molecule has 1 aliphatic heterocycles. The molecule has 0 unspecified atom stereocenters. The standard InChI is InChI=1S/C22H26N6O2S/c1-14-18(15(2)28-21(24-14)25-22(26-28)31-3)12-19(29)23-13-16-6-8-17(9-7-16)20(30)27-10-4-5-11-27/h6-9H,4-5,10-13H2,1-3H3,(H,23,29). The van der Waals surface area contributed by atoms with Crippen molar-refractivity contribution in [1.29, 1.82) is 0 Å². The van der Waals surface area contributed by atoms with Crippen LogP contribution in [0.4, 0.5) is 0 Å². The highest BCUT2D eigenvalue weighted by molar-refractivity contribution is 7.98. The lowest BCUT2D eigenvalue weighted by Gasteiger charge is -2.15. The summed E-state index contributed by atoms with van der Waals surface area (Å²) in [4.78, 5) is 35.8. The van der Waals surface area contributed by atoms with Crippen molar-refractivity contribution in [2.75, 3.05) is 19.3 Å². The zero-order valence-electron chi connectivity index (χ0n) is 18.0. The summed E-state index contributed by atoms with van der Waals surface area (Å²) in [5.41, 5.74) is 4.16. The van der Waals surface area contributed by atoms with E-state index in [4.69, 9.17) is 0 Å². The summed E-state index contributed by atoms with van der Waals surface area (Å²) in [7, 11) is 0. The van der Waals surface area contributed by atoms with E-state index in [0.717, 1.165) is 48.4 Å². The van der Waals surface area contributed by atoms with Crippen LogP contribution in [0, 0.1) is 13.8 Å². The van der Waals surface area contributed by atoms with Gasteiger partial charge in [-0.25, -0.2) is 9.50 Å². The van der Waals surface area contributed by atoms with E-state index in [0.29, 0.717) is 23.0 Å². The van der Waals surface area contributed by atoms with Crippen LogP contribution in [0.1, 0.15) is 45.7 Å². The normalized spacial score (nSPS) is 13.7. The van der Waals surface area contributed by atoms with Gasteiger partial charge < -0.3 is 10.2 Å². The van der Waals surface area contributed by atoms with E-state index in [-0.39, 0.29) is 18.2 Å². The van der Waals surface area contributed by atoms with Gasteiger partial charge in [0.1, 0.15) is 0 Å². The summed E-state index contributed by atoms with van der Waals surface area (Å²) in [5, 5.41) is 8.04. The first kappa shape index (κ1) is 21.3. The second-order valence-corrected chi connectivity index (χ2v) is 8.49. The number of hydrogen-bond donors (Lipinski definition) is 1. The molecular formula is C22H26N6O2S. The van der Waals surface area contributed by atoms with Crippen molar-refractivity contribution in [3.05, 3.63) is 52.3 Å². The lowest BCUT2D eigenvalue weighted by atomic mass is 10.1. The number of thioether (sulfide) groups is 1. The number of nitrogens with one attached hydrogen (secondary N) is 1. The second-order valence-electron chi connectivity index (χ2n) is 7.72. The number of hydrogen-bond acceptors (Lipinski definition) is 6. The number of amides is 2. The van der Waals surface area contributed by atoms with Crippen molar-refractivity contribution in [2.45, 2.75) is 44.8 Å². The van der Waals surface area contributed by atoms with Crippen LogP contribution < -0.4 is 5.32 Å². The van der Waals surface area contributed by atoms with Crippen LogP contribution in [0.5, 0.6) is 0 Å². The molecule has 4 rings (SSSR count). The van der Waals surface area contributed by atoms with Crippen molar-refractivity contribution in [2.24, 2.45) is 0 Å². The predicted octanol–water partition coefficient (Wildman–Crippen LogP) is 2.56. The molecule has 2 amide bonds. The predicted molar refractivity (Wildman–Crippen MR) is 119 cm³/mol. The Bertz CT molecular complexity index is 1120. The van der Waals surface area contributed by atoms with Crippen LogP contribution >= 0.6 is 11.8 Å². The smallest absolute Gasteiger partial charge is 0.253 e. The number of carbonyl (C=O) groups is 2. The van der Waals surface area contributed by atoms with Crippen molar-refractivity contribution < 1.29 is 9.59 Å². The third kappa shape index (κ3) is 4.56. The van der Waals surface area contributed by atoms with Crippen LogP contribution in [0.2, 0.25) is 0 Å². The maximum absolute atomic E-state index is 12.6. The van der Waals surface area contributed by atoms with Gasteiger partial charge in [-0.15, -0.1) is 5.10 Å². The quantitative estimate of drug-likeness (QED) is 0.595. The Labute approximate surface area is 185 Å². The number of carbonyl (C=O) groups excluding carboxylic acids is 2. The summed E-state index contributed by atoms with van der Waals surface area (Å²) in [6.45, 7) is 5.90. The highest BCUT2D eigenvalue weighted by atomic mass is 32.2. The fourth-order valence-corrected chi connectivity index (χ4v) is 4.16. The molecule has 0 atom stereocenters. The lowest BCUT2D eigenvalue weighted by molar-refractivity contribution is -0.120. The summed E-state index contributed by atoms with van der Waals surface area (Å²) >= 11 is 1.46. The maximum Gasteiger partial charge on any atom is 0.253 e. The molecule has 8 nitrogen and oxygen atoms in total. The van der Waals surface area contributed by atoms with E-state index >= 15 is 0 Å². The van der Waals surface area contributed by atoms with Gasteiger partial charge in [-0.2, -0.15) is 4.98 Å². The van der Waals surface area contributed by atoms with Gasteiger partial charge in [-0.3, -0.25) is 9.59 Å². The number of aromatic nitrogens is 4. The highest BCUT2D eigenvalue weighted by Crippen LogP contribution is 2.17. The first-order valence-electron chi connectivity index (χ1n) is 10.4. The molecule has 1 fully saturated rings. The first-order valence-corrected chi connectivity index (χ1v) is 11.6. The van der Waals surface area contributed by atoms with Gasteiger partial charge >= 0.3 is 0 Å².